The van der Waals surface area contributed by atoms with Crippen molar-refractivity contribution < 1.29 is 19.5 Å². The monoisotopic (exact) mass is 365 g/mol. The summed E-state index contributed by atoms with van der Waals surface area (Å²) in [7, 11) is 0. The third kappa shape index (κ3) is 3.17. The molecular formula is C20H19N3O4. The largest absolute Gasteiger partial charge is 0.391 e. The second kappa shape index (κ2) is 6.85. The van der Waals surface area contributed by atoms with Gasteiger partial charge in [-0.2, -0.15) is 0 Å². The Hall–Kier alpha value is -3.19. The second-order valence-electron chi connectivity index (χ2n) is 6.72. The van der Waals surface area contributed by atoms with Gasteiger partial charge in [0.1, 0.15) is 12.6 Å². The molecule has 2 unspecified atom stereocenters. The summed E-state index contributed by atoms with van der Waals surface area (Å²) < 4.78 is 0. The standard InChI is InChI=1S/C20H19N3O4/c24-14-10-17-20(27)23(12-18(25)21-13-6-2-1-3-7-13)16-9-5-4-8-15(16)19(26)22(17)11-14/h1-9,14,17,24H,10-12H2,(H,21,25). The number of nitrogens with zero attached hydrogens (tertiary/aromatic N) is 2. The molecule has 27 heavy (non-hydrogen) atoms. The van der Waals surface area contributed by atoms with Gasteiger partial charge in [0.25, 0.3) is 5.91 Å². The Balaban J connectivity index is 1.66. The fourth-order valence-corrected chi connectivity index (χ4v) is 3.64. The Morgan fingerprint density at radius 2 is 1.78 bits per heavy atom. The number of rotatable bonds is 3. The fourth-order valence-electron chi connectivity index (χ4n) is 3.64. The van der Waals surface area contributed by atoms with E-state index in [9.17, 15) is 19.5 Å². The van der Waals surface area contributed by atoms with Gasteiger partial charge < -0.3 is 20.2 Å². The molecule has 2 N–H and O–H groups in total. The molecule has 0 saturated carbocycles. The van der Waals surface area contributed by atoms with Crippen LogP contribution in [0, 0.1) is 0 Å². The number of aliphatic hydroxyl groups excluding tert-OH is 1. The number of nitrogens with one attached hydrogen (secondary N) is 1. The molecule has 0 spiro atoms. The van der Waals surface area contributed by atoms with Crippen LogP contribution < -0.4 is 10.2 Å². The second-order valence-corrected chi connectivity index (χ2v) is 6.72. The first-order valence-corrected chi connectivity index (χ1v) is 8.79. The molecule has 4 rings (SSSR count). The van der Waals surface area contributed by atoms with Crippen LogP contribution in [0.2, 0.25) is 0 Å². The highest BCUT2D eigenvalue weighted by molar-refractivity contribution is 6.13. The molecule has 1 saturated heterocycles. The van der Waals surface area contributed by atoms with Crippen molar-refractivity contribution in [3.63, 3.8) is 0 Å². The Kier molecular flexibility index (Phi) is 4.37. The van der Waals surface area contributed by atoms with Crippen LogP contribution in [0.3, 0.4) is 0 Å². The highest BCUT2D eigenvalue weighted by Crippen LogP contribution is 2.32. The zero-order valence-electron chi connectivity index (χ0n) is 14.5. The van der Waals surface area contributed by atoms with Gasteiger partial charge in [-0.05, 0) is 24.3 Å². The molecule has 0 radical (unpaired) electrons. The van der Waals surface area contributed by atoms with Gasteiger partial charge in [-0.15, -0.1) is 0 Å². The van der Waals surface area contributed by atoms with Gasteiger partial charge in [0.2, 0.25) is 11.8 Å². The predicted molar refractivity (Wildman–Crippen MR) is 99.3 cm³/mol. The van der Waals surface area contributed by atoms with Crippen molar-refractivity contribution in [3.05, 3.63) is 60.2 Å². The van der Waals surface area contributed by atoms with Gasteiger partial charge in [0.05, 0.1) is 17.4 Å². The van der Waals surface area contributed by atoms with Crippen LogP contribution in [-0.2, 0) is 9.59 Å². The molecule has 1 fully saturated rings. The van der Waals surface area contributed by atoms with Crippen molar-refractivity contribution >= 4 is 29.1 Å². The van der Waals surface area contributed by atoms with Gasteiger partial charge in [-0.3, -0.25) is 14.4 Å². The molecule has 2 atom stereocenters. The van der Waals surface area contributed by atoms with Crippen molar-refractivity contribution in [2.45, 2.75) is 18.6 Å². The summed E-state index contributed by atoms with van der Waals surface area (Å²) in [6, 6.07) is 15.0. The first kappa shape index (κ1) is 17.2. The van der Waals surface area contributed by atoms with Crippen LogP contribution in [0.15, 0.2) is 54.6 Å². The van der Waals surface area contributed by atoms with Crippen molar-refractivity contribution in [1.82, 2.24) is 4.90 Å². The van der Waals surface area contributed by atoms with Crippen molar-refractivity contribution in [2.24, 2.45) is 0 Å². The lowest BCUT2D eigenvalue weighted by atomic mass is 10.1. The molecule has 2 aliphatic heterocycles. The summed E-state index contributed by atoms with van der Waals surface area (Å²) in [5.41, 5.74) is 1.40. The number of benzene rings is 2. The summed E-state index contributed by atoms with van der Waals surface area (Å²) in [6.45, 7) is -0.0912. The van der Waals surface area contributed by atoms with E-state index in [1.54, 1.807) is 48.5 Å². The summed E-state index contributed by atoms with van der Waals surface area (Å²) in [4.78, 5) is 41.3. The average molecular weight is 365 g/mol. The Morgan fingerprint density at radius 3 is 2.56 bits per heavy atom. The molecule has 3 amide bonds. The summed E-state index contributed by atoms with van der Waals surface area (Å²) in [5, 5.41) is 12.7. The maximum absolute atomic E-state index is 13.1. The molecular weight excluding hydrogens is 346 g/mol. The normalized spacial score (nSPS) is 21.5. The molecule has 0 aliphatic carbocycles. The molecule has 2 heterocycles. The number of aliphatic hydroxyl groups is 1. The van der Waals surface area contributed by atoms with Crippen molar-refractivity contribution in [2.75, 3.05) is 23.3 Å². The number of anilines is 2. The molecule has 2 aromatic rings. The van der Waals surface area contributed by atoms with Gasteiger partial charge in [0.15, 0.2) is 0 Å². The number of hydrogen-bond donors (Lipinski definition) is 2. The summed E-state index contributed by atoms with van der Waals surface area (Å²) in [6.07, 6.45) is -0.566. The third-order valence-electron chi connectivity index (χ3n) is 4.88. The predicted octanol–water partition coefficient (Wildman–Crippen LogP) is 1.25. The SMILES string of the molecule is O=C(CN1C(=O)C2CC(O)CN2C(=O)c2ccccc21)Nc1ccccc1. The Labute approximate surface area is 156 Å². The molecule has 0 bridgehead atoms. The van der Waals surface area contributed by atoms with Crippen LogP contribution in [-0.4, -0.2) is 53.0 Å². The number of hydrogen-bond acceptors (Lipinski definition) is 4. The molecule has 7 heteroatoms. The van der Waals surface area contributed by atoms with E-state index in [-0.39, 0.29) is 37.2 Å². The van der Waals surface area contributed by atoms with Crippen LogP contribution in [0.5, 0.6) is 0 Å². The van der Waals surface area contributed by atoms with Crippen molar-refractivity contribution in [3.8, 4) is 0 Å². The first-order valence-electron chi connectivity index (χ1n) is 8.79. The van der Waals surface area contributed by atoms with E-state index >= 15 is 0 Å². The number of carbonyl (C=O) groups excluding carboxylic acids is 3. The van der Waals surface area contributed by atoms with Crippen LogP contribution >= 0.6 is 0 Å². The number of para-hydroxylation sites is 2. The molecule has 0 aromatic heterocycles. The molecule has 2 aromatic carbocycles. The Morgan fingerprint density at radius 1 is 1.07 bits per heavy atom. The van der Waals surface area contributed by atoms with Gasteiger partial charge in [-0.1, -0.05) is 30.3 Å². The van der Waals surface area contributed by atoms with Crippen molar-refractivity contribution in [1.29, 1.82) is 0 Å². The summed E-state index contributed by atoms with van der Waals surface area (Å²) in [5.74, 6) is -1.01. The maximum Gasteiger partial charge on any atom is 0.256 e. The fraction of sp³-hybridized carbons (Fsp3) is 0.250. The lowest BCUT2D eigenvalue weighted by molar-refractivity contribution is -0.124. The van der Waals surface area contributed by atoms with Gasteiger partial charge in [-0.25, -0.2) is 0 Å². The maximum atomic E-state index is 13.1. The first-order chi connectivity index (χ1) is 13.0. The Bertz CT molecular complexity index is 899. The zero-order valence-corrected chi connectivity index (χ0v) is 14.5. The van der Waals surface area contributed by atoms with E-state index in [0.29, 0.717) is 16.9 Å². The minimum absolute atomic E-state index is 0.119. The van der Waals surface area contributed by atoms with Crippen LogP contribution in [0.25, 0.3) is 0 Å². The average Bonchev–Trinajstić information content (AvgIpc) is 3.04. The minimum atomic E-state index is -0.760. The molecule has 7 nitrogen and oxygen atoms in total. The van der Waals surface area contributed by atoms with Crippen LogP contribution in [0.1, 0.15) is 16.8 Å². The summed E-state index contributed by atoms with van der Waals surface area (Å²) >= 11 is 0. The third-order valence-corrected chi connectivity index (χ3v) is 4.88. The van der Waals surface area contributed by atoms with E-state index in [1.807, 2.05) is 6.07 Å². The van der Waals surface area contributed by atoms with E-state index in [2.05, 4.69) is 5.32 Å². The van der Waals surface area contributed by atoms with Gasteiger partial charge in [0, 0.05) is 18.7 Å². The highest BCUT2D eigenvalue weighted by Gasteiger charge is 2.45. The van der Waals surface area contributed by atoms with E-state index in [4.69, 9.17) is 0 Å². The highest BCUT2D eigenvalue weighted by atomic mass is 16.3. The molecule has 2 aliphatic rings. The minimum Gasteiger partial charge on any atom is -0.391 e. The van der Waals surface area contributed by atoms with E-state index in [0.717, 1.165) is 0 Å². The molecule has 138 valence electrons. The lowest BCUT2D eigenvalue weighted by Crippen LogP contribution is -2.47. The topological polar surface area (TPSA) is 90.0 Å². The number of amides is 3. The lowest BCUT2D eigenvalue weighted by Gasteiger charge is -2.25. The zero-order chi connectivity index (χ0) is 19.0. The number of carbonyl (C=O) groups is 3. The smallest absolute Gasteiger partial charge is 0.256 e. The van der Waals surface area contributed by atoms with E-state index in [1.165, 1.54) is 9.80 Å². The number of fused-ring (bicyclic) bond motifs is 2. The van der Waals surface area contributed by atoms with E-state index < -0.39 is 12.1 Å². The quantitative estimate of drug-likeness (QED) is 0.857. The van der Waals surface area contributed by atoms with Gasteiger partial charge >= 0.3 is 0 Å². The van der Waals surface area contributed by atoms with Crippen LogP contribution in [0.4, 0.5) is 11.4 Å².